The van der Waals surface area contributed by atoms with Gasteiger partial charge >= 0.3 is 0 Å². The Labute approximate surface area is 121 Å². The fraction of sp³-hybridized carbons (Fsp3) is 0.0625. The normalized spacial score (nSPS) is 10.5. The highest BCUT2D eigenvalue weighted by molar-refractivity contribution is 5.63. The van der Waals surface area contributed by atoms with Gasteiger partial charge in [0.05, 0.1) is 4.92 Å². The number of benzene rings is 2. The van der Waals surface area contributed by atoms with Gasteiger partial charge in [0.15, 0.2) is 0 Å². The summed E-state index contributed by atoms with van der Waals surface area (Å²) in [4.78, 5) is 14.6. The summed E-state index contributed by atoms with van der Waals surface area (Å²) in [5.74, 6) is 0.531. The van der Waals surface area contributed by atoms with Gasteiger partial charge in [0, 0.05) is 23.3 Å². The van der Waals surface area contributed by atoms with Gasteiger partial charge in [0.1, 0.15) is 12.0 Å². The Morgan fingerprint density at radius 1 is 1.00 bits per heavy atom. The fourth-order valence-electron chi connectivity index (χ4n) is 1.99. The van der Waals surface area contributed by atoms with Crippen molar-refractivity contribution in [1.82, 2.24) is 4.98 Å². The highest BCUT2D eigenvalue weighted by Gasteiger charge is 2.10. The molecular formula is C16H12N2O3. The largest absolute Gasteiger partial charge is 0.444 e. The summed E-state index contributed by atoms with van der Waals surface area (Å²) in [5, 5.41) is 10.6. The summed E-state index contributed by atoms with van der Waals surface area (Å²) in [5.41, 5.74) is 3.55. The molecule has 21 heavy (non-hydrogen) atoms. The molecule has 1 heterocycles. The van der Waals surface area contributed by atoms with E-state index in [0.29, 0.717) is 11.6 Å². The Balaban J connectivity index is 1.90. The SMILES string of the molecule is Cc1ccc(-c2nc(-c3ccc([N+](=O)[O-])cc3)co2)cc1. The minimum Gasteiger partial charge on any atom is -0.444 e. The molecule has 0 saturated heterocycles. The van der Waals surface area contributed by atoms with Crippen molar-refractivity contribution in [2.75, 3.05) is 0 Å². The molecule has 0 unspecified atom stereocenters. The minimum atomic E-state index is -0.426. The van der Waals surface area contributed by atoms with Crippen LogP contribution in [0.2, 0.25) is 0 Å². The van der Waals surface area contributed by atoms with E-state index >= 15 is 0 Å². The third-order valence-electron chi connectivity index (χ3n) is 3.18. The maximum atomic E-state index is 10.6. The summed E-state index contributed by atoms with van der Waals surface area (Å²) in [7, 11) is 0. The first kappa shape index (κ1) is 13.1. The molecule has 104 valence electrons. The fourth-order valence-corrected chi connectivity index (χ4v) is 1.99. The molecule has 3 rings (SSSR count). The molecule has 0 spiro atoms. The van der Waals surface area contributed by atoms with Crippen LogP contribution in [0.3, 0.4) is 0 Å². The molecule has 0 atom stereocenters. The molecule has 3 aromatic rings. The number of non-ortho nitro benzene ring substituents is 1. The summed E-state index contributed by atoms with van der Waals surface area (Å²) in [6.07, 6.45) is 1.55. The van der Waals surface area contributed by atoms with Crippen LogP contribution in [0.1, 0.15) is 5.56 Å². The monoisotopic (exact) mass is 280 g/mol. The van der Waals surface area contributed by atoms with E-state index < -0.39 is 4.92 Å². The van der Waals surface area contributed by atoms with E-state index in [0.717, 1.165) is 11.1 Å². The Morgan fingerprint density at radius 2 is 1.62 bits per heavy atom. The number of rotatable bonds is 3. The second-order valence-corrected chi connectivity index (χ2v) is 4.71. The van der Waals surface area contributed by atoms with Crippen molar-refractivity contribution < 1.29 is 9.34 Å². The topological polar surface area (TPSA) is 69.2 Å². The lowest BCUT2D eigenvalue weighted by Crippen LogP contribution is -1.87. The van der Waals surface area contributed by atoms with Gasteiger partial charge in [-0.3, -0.25) is 10.1 Å². The van der Waals surface area contributed by atoms with Gasteiger partial charge in [-0.05, 0) is 31.2 Å². The van der Waals surface area contributed by atoms with Crippen molar-refractivity contribution >= 4 is 5.69 Å². The van der Waals surface area contributed by atoms with Crippen LogP contribution in [-0.2, 0) is 0 Å². The third-order valence-corrected chi connectivity index (χ3v) is 3.18. The zero-order valence-electron chi connectivity index (χ0n) is 11.3. The predicted octanol–water partition coefficient (Wildman–Crippen LogP) is 4.23. The quantitative estimate of drug-likeness (QED) is 0.532. The first-order chi connectivity index (χ1) is 10.1. The Morgan fingerprint density at radius 3 is 2.24 bits per heavy atom. The number of nitro groups is 1. The van der Waals surface area contributed by atoms with Crippen LogP contribution in [-0.4, -0.2) is 9.91 Å². The number of aryl methyl sites for hydroxylation is 1. The van der Waals surface area contributed by atoms with Gasteiger partial charge in [-0.15, -0.1) is 0 Å². The molecule has 0 aliphatic carbocycles. The van der Waals surface area contributed by atoms with Crippen LogP contribution in [0.4, 0.5) is 5.69 Å². The Hall–Kier alpha value is -2.95. The van der Waals surface area contributed by atoms with E-state index in [-0.39, 0.29) is 5.69 Å². The van der Waals surface area contributed by atoms with E-state index in [1.807, 2.05) is 31.2 Å². The first-order valence-electron chi connectivity index (χ1n) is 6.41. The van der Waals surface area contributed by atoms with Crippen molar-refractivity contribution in [3.8, 4) is 22.7 Å². The van der Waals surface area contributed by atoms with Crippen LogP contribution in [0.15, 0.2) is 59.2 Å². The van der Waals surface area contributed by atoms with Gasteiger partial charge in [-0.1, -0.05) is 17.7 Å². The molecule has 0 N–H and O–H groups in total. The van der Waals surface area contributed by atoms with E-state index in [4.69, 9.17) is 4.42 Å². The van der Waals surface area contributed by atoms with E-state index in [9.17, 15) is 10.1 Å². The van der Waals surface area contributed by atoms with Crippen LogP contribution in [0, 0.1) is 17.0 Å². The average molecular weight is 280 g/mol. The number of hydrogen-bond donors (Lipinski definition) is 0. The van der Waals surface area contributed by atoms with Gasteiger partial charge in [0.2, 0.25) is 5.89 Å². The highest BCUT2D eigenvalue weighted by Crippen LogP contribution is 2.26. The lowest BCUT2D eigenvalue weighted by molar-refractivity contribution is -0.384. The summed E-state index contributed by atoms with van der Waals surface area (Å²) in [6, 6.07) is 14.1. The molecule has 2 aromatic carbocycles. The van der Waals surface area contributed by atoms with E-state index in [1.54, 1.807) is 18.4 Å². The molecule has 0 radical (unpaired) electrons. The number of nitro benzene ring substituents is 1. The standard InChI is InChI=1S/C16H12N2O3/c1-11-2-4-13(5-3-11)16-17-15(10-21-16)12-6-8-14(9-7-12)18(19)20/h2-10H,1H3. The number of nitrogens with zero attached hydrogens (tertiary/aromatic N) is 2. The van der Waals surface area contributed by atoms with Crippen molar-refractivity contribution in [1.29, 1.82) is 0 Å². The van der Waals surface area contributed by atoms with Crippen molar-refractivity contribution in [2.24, 2.45) is 0 Å². The molecular weight excluding hydrogens is 268 g/mol. The second-order valence-electron chi connectivity index (χ2n) is 4.71. The second kappa shape index (κ2) is 5.20. The molecule has 0 aliphatic rings. The molecule has 1 aromatic heterocycles. The van der Waals surface area contributed by atoms with Crippen LogP contribution in [0.25, 0.3) is 22.7 Å². The molecule has 0 amide bonds. The Kier molecular flexibility index (Phi) is 3.23. The number of hydrogen-bond acceptors (Lipinski definition) is 4. The average Bonchev–Trinajstić information content (AvgIpc) is 2.98. The van der Waals surface area contributed by atoms with E-state index in [2.05, 4.69) is 4.98 Å². The van der Waals surface area contributed by atoms with Crippen LogP contribution in [0.5, 0.6) is 0 Å². The van der Waals surface area contributed by atoms with Gasteiger partial charge in [0.25, 0.3) is 5.69 Å². The van der Waals surface area contributed by atoms with Crippen molar-refractivity contribution in [3.05, 3.63) is 70.5 Å². The van der Waals surface area contributed by atoms with Crippen molar-refractivity contribution in [2.45, 2.75) is 6.92 Å². The molecule has 0 fully saturated rings. The van der Waals surface area contributed by atoms with Crippen LogP contribution >= 0.6 is 0 Å². The maximum Gasteiger partial charge on any atom is 0.269 e. The molecule has 0 aliphatic heterocycles. The maximum absolute atomic E-state index is 10.6. The van der Waals surface area contributed by atoms with Gasteiger partial charge < -0.3 is 4.42 Å². The highest BCUT2D eigenvalue weighted by atomic mass is 16.6. The molecule has 5 heteroatoms. The predicted molar refractivity (Wildman–Crippen MR) is 78.8 cm³/mol. The zero-order chi connectivity index (χ0) is 14.8. The number of aromatic nitrogens is 1. The lowest BCUT2D eigenvalue weighted by Gasteiger charge is -1.96. The first-order valence-corrected chi connectivity index (χ1v) is 6.41. The van der Waals surface area contributed by atoms with Crippen LogP contribution < -0.4 is 0 Å². The summed E-state index contributed by atoms with van der Waals surface area (Å²) in [6.45, 7) is 2.02. The van der Waals surface area contributed by atoms with Crippen molar-refractivity contribution in [3.63, 3.8) is 0 Å². The molecule has 0 saturated carbocycles. The lowest BCUT2D eigenvalue weighted by atomic mass is 10.1. The molecule has 0 bridgehead atoms. The number of oxazole rings is 1. The Bertz CT molecular complexity index is 774. The van der Waals surface area contributed by atoms with Gasteiger partial charge in [-0.2, -0.15) is 0 Å². The summed E-state index contributed by atoms with van der Waals surface area (Å²) >= 11 is 0. The third kappa shape index (κ3) is 2.67. The minimum absolute atomic E-state index is 0.0565. The van der Waals surface area contributed by atoms with Gasteiger partial charge in [-0.25, -0.2) is 4.98 Å². The summed E-state index contributed by atoms with van der Waals surface area (Å²) < 4.78 is 5.48. The smallest absolute Gasteiger partial charge is 0.269 e. The van der Waals surface area contributed by atoms with E-state index in [1.165, 1.54) is 17.7 Å². The molecule has 5 nitrogen and oxygen atoms in total. The zero-order valence-corrected chi connectivity index (χ0v) is 11.3.